The number of rotatable bonds is 8. The number of benzene rings is 2. The lowest BCUT2D eigenvalue weighted by molar-refractivity contribution is 0.158. The summed E-state index contributed by atoms with van der Waals surface area (Å²) in [7, 11) is 1.74. The van der Waals surface area contributed by atoms with Gasteiger partial charge in [0.15, 0.2) is 0 Å². The summed E-state index contributed by atoms with van der Waals surface area (Å²) in [6, 6.07) is 18.0. The van der Waals surface area contributed by atoms with Crippen molar-refractivity contribution in [1.29, 1.82) is 0 Å². The molecule has 3 nitrogen and oxygen atoms in total. The number of hydrogen-bond donors (Lipinski definition) is 1. The minimum Gasteiger partial charge on any atom is -0.457 e. The van der Waals surface area contributed by atoms with Crippen LogP contribution in [0.15, 0.2) is 54.6 Å². The Labute approximate surface area is 126 Å². The highest BCUT2D eigenvalue weighted by Gasteiger charge is 2.02. The second-order valence-electron chi connectivity index (χ2n) is 5.25. The Morgan fingerprint density at radius 2 is 1.76 bits per heavy atom. The molecule has 0 aliphatic heterocycles. The second kappa shape index (κ2) is 8.45. The van der Waals surface area contributed by atoms with Crippen LogP contribution in [0.2, 0.25) is 0 Å². The molecule has 2 aromatic carbocycles. The van der Waals surface area contributed by atoms with Gasteiger partial charge in [-0.1, -0.05) is 37.3 Å². The van der Waals surface area contributed by atoms with Crippen LogP contribution in [0.25, 0.3) is 0 Å². The molecule has 1 N–H and O–H groups in total. The zero-order chi connectivity index (χ0) is 14.9. The van der Waals surface area contributed by atoms with Gasteiger partial charge in [0.2, 0.25) is 0 Å². The third kappa shape index (κ3) is 5.58. The fraction of sp³-hybridized carbons (Fsp3) is 0.333. The van der Waals surface area contributed by atoms with E-state index in [1.807, 2.05) is 42.5 Å². The van der Waals surface area contributed by atoms with Crippen molar-refractivity contribution in [2.45, 2.75) is 13.5 Å². The van der Waals surface area contributed by atoms with Crippen LogP contribution in [0.3, 0.4) is 0 Å². The summed E-state index contributed by atoms with van der Waals surface area (Å²) in [5, 5.41) is 3.44. The van der Waals surface area contributed by atoms with Gasteiger partial charge in [0.1, 0.15) is 11.5 Å². The largest absolute Gasteiger partial charge is 0.457 e. The number of para-hydroxylation sites is 1. The Bertz CT molecular complexity index is 528. The Morgan fingerprint density at radius 3 is 2.52 bits per heavy atom. The van der Waals surface area contributed by atoms with Gasteiger partial charge in [-0.3, -0.25) is 0 Å². The van der Waals surface area contributed by atoms with Crippen LogP contribution in [0, 0.1) is 5.92 Å². The molecule has 21 heavy (non-hydrogen) atoms. The molecular weight excluding hydrogens is 262 g/mol. The molecule has 0 bridgehead atoms. The first-order valence-corrected chi connectivity index (χ1v) is 7.29. The Hall–Kier alpha value is -1.84. The molecule has 3 heteroatoms. The highest BCUT2D eigenvalue weighted by atomic mass is 16.5. The molecule has 0 heterocycles. The average Bonchev–Trinajstić information content (AvgIpc) is 2.49. The maximum atomic E-state index is 5.84. The van der Waals surface area contributed by atoms with Gasteiger partial charge in [-0.2, -0.15) is 0 Å². The summed E-state index contributed by atoms with van der Waals surface area (Å²) in [5.74, 6) is 2.24. The SMILES string of the molecule is COCC(C)CNCc1cccc(Oc2ccccc2)c1. The molecule has 1 unspecified atom stereocenters. The summed E-state index contributed by atoms with van der Waals surface area (Å²) in [4.78, 5) is 0. The zero-order valence-corrected chi connectivity index (χ0v) is 12.7. The number of nitrogens with one attached hydrogen (secondary N) is 1. The topological polar surface area (TPSA) is 30.5 Å². The van der Waals surface area contributed by atoms with Crippen molar-refractivity contribution in [1.82, 2.24) is 5.32 Å². The van der Waals surface area contributed by atoms with Gasteiger partial charge in [-0.05, 0) is 35.7 Å². The number of ether oxygens (including phenoxy) is 2. The molecule has 2 aromatic rings. The molecular formula is C18H23NO2. The first-order valence-electron chi connectivity index (χ1n) is 7.29. The Kier molecular flexibility index (Phi) is 6.25. The van der Waals surface area contributed by atoms with E-state index in [-0.39, 0.29) is 0 Å². The first kappa shape index (κ1) is 15.5. The van der Waals surface area contributed by atoms with E-state index in [0.717, 1.165) is 31.2 Å². The average molecular weight is 285 g/mol. The van der Waals surface area contributed by atoms with Gasteiger partial charge in [-0.15, -0.1) is 0 Å². The molecule has 1 atom stereocenters. The summed E-state index contributed by atoms with van der Waals surface area (Å²) in [6.45, 7) is 4.73. The van der Waals surface area contributed by atoms with Crippen LogP contribution in [0.4, 0.5) is 0 Å². The van der Waals surface area contributed by atoms with Crippen LogP contribution < -0.4 is 10.1 Å². The molecule has 0 aliphatic rings. The normalized spacial score (nSPS) is 12.1. The predicted molar refractivity (Wildman–Crippen MR) is 85.7 cm³/mol. The zero-order valence-electron chi connectivity index (χ0n) is 12.7. The van der Waals surface area contributed by atoms with Gasteiger partial charge in [0.25, 0.3) is 0 Å². The highest BCUT2D eigenvalue weighted by Crippen LogP contribution is 2.21. The van der Waals surface area contributed by atoms with Crippen molar-refractivity contribution < 1.29 is 9.47 Å². The summed E-state index contributed by atoms with van der Waals surface area (Å²) in [6.07, 6.45) is 0. The summed E-state index contributed by atoms with van der Waals surface area (Å²) >= 11 is 0. The quantitative estimate of drug-likeness (QED) is 0.799. The second-order valence-corrected chi connectivity index (χ2v) is 5.25. The van der Waals surface area contributed by atoms with Crippen molar-refractivity contribution in [2.24, 2.45) is 5.92 Å². The van der Waals surface area contributed by atoms with E-state index in [9.17, 15) is 0 Å². The van der Waals surface area contributed by atoms with Crippen LogP contribution in [0.5, 0.6) is 11.5 Å². The minimum absolute atomic E-state index is 0.513. The molecule has 0 radical (unpaired) electrons. The lowest BCUT2D eigenvalue weighted by Gasteiger charge is -2.12. The monoisotopic (exact) mass is 285 g/mol. The van der Waals surface area contributed by atoms with Gasteiger partial charge in [0, 0.05) is 26.8 Å². The molecule has 0 aromatic heterocycles. The smallest absolute Gasteiger partial charge is 0.127 e. The standard InChI is InChI=1S/C18H23NO2/c1-15(14-20-2)12-19-13-16-7-6-10-18(11-16)21-17-8-4-3-5-9-17/h3-11,15,19H,12-14H2,1-2H3. The lowest BCUT2D eigenvalue weighted by atomic mass is 10.2. The first-order chi connectivity index (χ1) is 10.3. The van der Waals surface area contributed by atoms with E-state index < -0.39 is 0 Å². The fourth-order valence-corrected chi connectivity index (χ4v) is 2.15. The van der Waals surface area contributed by atoms with Gasteiger partial charge in [0.05, 0.1) is 0 Å². The van der Waals surface area contributed by atoms with Gasteiger partial charge in [-0.25, -0.2) is 0 Å². The Morgan fingerprint density at radius 1 is 1.00 bits per heavy atom. The van der Waals surface area contributed by atoms with E-state index >= 15 is 0 Å². The number of hydrogen-bond acceptors (Lipinski definition) is 3. The third-order valence-electron chi connectivity index (χ3n) is 3.15. The number of methoxy groups -OCH3 is 1. The van der Waals surface area contributed by atoms with E-state index in [1.54, 1.807) is 7.11 Å². The molecule has 0 aliphatic carbocycles. The predicted octanol–water partition coefficient (Wildman–Crippen LogP) is 3.85. The molecule has 2 rings (SSSR count). The van der Waals surface area contributed by atoms with Gasteiger partial charge < -0.3 is 14.8 Å². The van der Waals surface area contributed by atoms with Crippen LogP contribution in [-0.4, -0.2) is 20.3 Å². The van der Waals surface area contributed by atoms with E-state index in [1.165, 1.54) is 5.56 Å². The maximum absolute atomic E-state index is 5.84. The molecule has 0 saturated carbocycles. The molecule has 0 saturated heterocycles. The van der Waals surface area contributed by atoms with Crippen molar-refractivity contribution >= 4 is 0 Å². The Balaban J connectivity index is 1.86. The maximum Gasteiger partial charge on any atom is 0.127 e. The third-order valence-corrected chi connectivity index (χ3v) is 3.15. The van der Waals surface area contributed by atoms with E-state index in [4.69, 9.17) is 9.47 Å². The molecule has 0 amide bonds. The molecule has 0 spiro atoms. The molecule has 0 fully saturated rings. The van der Waals surface area contributed by atoms with Crippen LogP contribution in [-0.2, 0) is 11.3 Å². The fourth-order valence-electron chi connectivity index (χ4n) is 2.15. The molecule has 112 valence electrons. The highest BCUT2D eigenvalue weighted by molar-refractivity contribution is 5.33. The minimum atomic E-state index is 0.513. The van der Waals surface area contributed by atoms with Crippen molar-refractivity contribution in [3.63, 3.8) is 0 Å². The van der Waals surface area contributed by atoms with E-state index in [0.29, 0.717) is 5.92 Å². The van der Waals surface area contributed by atoms with E-state index in [2.05, 4.69) is 24.4 Å². The summed E-state index contributed by atoms with van der Waals surface area (Å²) < 4.78 is 11.0. The lowest BCUT2D eigenvalue weighted by Crippen LogP contribution is -2.23. The van der Waals surface area contributed by atoms with Crippen molar-refractivity contribution in [2.75, 3.05) is 20.3 Å². The van der Waals surface area contributed by atoms with Gasteiger partial charge >= 0.3 is 0 Å². The van der Waals surface area contributed by atoms with Crippen LogP contribution in [0.1, 0.15) is 12.5 Å². The van der Waals surface area contributed by atoms with Crippen LogP contribution >= 0.6 is 0 Å². The summed E-state index contributed by atoms with van der Waals surface area (Å²) in [5.41, 5.74) is 1.22. The van der Waals surface area contributed by atoms with Crippen molar-refractivity contribution in [3.8, 4) is 11.5 Å². The van der Waals surface area contributed by atoms with Crippen molar-refractivity contribution in [3.05, 3.63) is 60.2 Å².